The molecule has 0 aliphatic carbocycles. The Morgan fingerprint density at radius 3 is 2.26 bits per heavy atom. The summed E-state index contributed by atoms with van der Waals surface area (Å²) in [6, 6.07) is 7.38. The van der Waals surface area contributed by atoms with E-state index in [4.69, 9.17) is 4.74 Å². The Hall–Kier alpha value is -3.36. The SMILES string of the molecule is COc1ccc([N+](=O)[O-])cc1NCc1cc([N+](=O)[O-])ccc1[O-]. The van der Waals surface area contributed by atoms with Crippen molar-refractivity contribution in [3.63, 3.8) is 0 Å². The highest BCUT2D eigenvalue weighted by atomic mass is 16.6. The molecule has 0 saturated carbocycles. The summed E-state index contributed by atoms with van der Waals surface area (Å²) in [5.41, 5.74) is 0.141. The van der Waals surface area contributed by atoms with Crippen LogP contribution in [0.15, 0.2) is 36.4 Å². The molecule has 0 radical (unpaired) electrons. The summed E-state index contributed by atoms with van der Waals surface area (Å²) < 4.78 is 5.09. The number of ether oxygens (including phenoxy) is 1. The molecule has 0 aliphatic rings. The van der Waals surface area contributed by atoms with E-state index in [0.717, 1.165) is 12.1 Å². The van der Waals surface area contributed by atoms with Gasteiger partial charge in [0, 0.05) is 30.8 Å². The van der Waals surface area contributed by atoms with Crippen molar-refractivity contribution in [3.05, 3.63) is 62.2 Å². The Kier molecular flexibility index (Phi) is 4.60. The van der Waals surface area contributed by atoms with Crippen LogP contribution in [0.25, 0.3) is 0 Å². The number of anilines is 1. The van der Waals surface area contributed by atoms with E-state index in [2.05, 4.69) is 5.32 Å². The summed E-state index contributed by atoms with van der Waals surface area (Å²) in [4.78, 5) is 20.4. The van der Waals surface area contributed by atoms with Crippen LogP contribution in [0, 0.1) is 20.2 Å². The Morgan fingerprint density at radius 1 is 1.04 bits per heavy atom. The van der Waals surface area contributed by atoms with Crippen molar-refractivity contribution in [2.24, 2.45) is 0 Å². The van der Waals surface area contributed by atoms with E-state index in [0.29, 0.717) is 11.4 Å². The quantitative estimate of drug-likeness (QED) is 0.638. The standard InChI is InChI=1S/C14H13N3O6/c1-23-14-5-3-11(17(21)22)7-12(14)15-8-9-6-10(16(19)20)2-4-13(9)18/h2-7,15,18H,8H2,1H3/p-1. The zero-order valence-corrected chi connectivity index (χ0v) is 12.0. The van der Waals surface area contributed by atoms with Gasteiger partial charge in [-0.25, -0.2) is 0 Å². The van der Waals surface area contributed by atoms with E-state index in [1.54, 1.807) is 0 Å². The van der Waals surface area contributed by atoms with Gasteiger partial charge in [0.1, 0.15) is 5.75 Å². The fourth-order valence-electron chi connectivity index (χ4n) is 1.96. The van der Waals surface area contributed by atoms with Gasteiger partial charge < -0.3 is 15.2 Å². The summed E-state index contributed by atoms with van der Waals surface area (Å²) in [5, 5.41) is 36.1. The molecule has 0 saturated heterocycles. The van der Waals surface area contributed by atoms with Crippen molar-refractivity contribution in [3.8, 4) is 11.5 Å². The van der Waals surface area contributed by atoms with E-state index in [1.807, 2.05) is 0 Å². The average molecular weight is 318 g/mol. The van der Waals surface area contributed by atoms with Gasteiger partial charge in [-0.05, 0) is 11.6 Å². The number of hydrogen-bond donors (Lipinski definition) is 1. The molecule has 120 valence electrons. The molecule has 2 aromatic carbocycles. The van der Waals surface area contributed by atoms with Crippen LogP contribution in [0.5, 0.6) is 11.5 Å². The number of non-ortho nitro benzene ring substituents is 2. The predicted molar refractivity (Wildman–Crippen MR) is 79.5 cm³/mol. The fraction of sp³-hybridized carbons (Fsp3) is 0.143. The van der Waals surface area contributed by atoms with E-state index in [1.165, 1.54) is 31.4 Å². The molecular formula is C14H12N3O6-. The zero-order valence-electron chi connectivity index (χ0n) is 12.0. The molecular weight excluding hydrogens is 306 g/mol. The number of benzene rings is 2. The Labute approximate surface area is 130 Å². The molecule has 0 aliphatic heterocycles. The second kappa shape index (κ2) is 6.60. The zero-order chi connectivity index (χ0) is 17.0. The van der Waals surface area contributed by atoms with Crippen LogP contribution in [0.1, 0.15) is 5.56 Å². The van der Waals surface area contributed by atoms with E-state index in [-0.39, 0.29) is 29.2 Å². The minimum Gasteiger partial charge on any atom is -0.872 e. The van der Waals surface area contributed by atoms with Gasteiger partial charge in [0.05, 0.1) is 22.6 Å². The van der Waals surface area contributed by atoms with Crippen LogP contribution in [0.4, 0.5) is 17.1 Å². The van der Waals surface area contributed by atoms with Crippen LogP contribution in [0.2, 0.25) is 0 Å². The molecule has 23 heavy (non-hydrogen) atoms. The molecule has 0 heterocycles. The van der Waals surface area contributed by atoms with Crippen molar-refractivity contribution < 1.29 is 19.7 Å². The van der Waals surface area contributed by atoms with Gasteiger partial charge in [-0.2, -0.15) is 0 Å². The minimum absolute atomic E-state index is 0.0297. The predicted octanol–water partition coefficient (Wildman–Crippen LogP) is 2.20. The lowest BCUT2D eigenvalue weighted by Gasteiger charge is -2.15. The number of nitrogens with zero attached hydrogens (tertiary/aromatic N) is 2. The normalized spacial score (nSPS) is 10.1. The molecule has 0 fully saturated rings. The second-order valence-electron chi connectivity index (χ2n) is 4.54. The number of methoxy groups -OCH3 is 1. The van der Waals surface area contributed by atoms with E-state index < -0.39 is 9.85 Å². The first-order valence-electron chi connectivity index (χ1n) is 6.43. The van der Waals surface area contributed by atoms with Crippen molar-refractivity contribution in [1.29, 1.82) is 0 Å². The maximum Gasteiger partial charge on any atom is 0.271 e. The number of nitro groups is 2. The van der Waals surface area contributed by atoms with Gasteiger partial charge in [0.15, 0.2) is 0 Å². The average Bonchev–Trinajstić information content (AvgIpc) is 2.53. The first kappa shape index (κ1) is 16.0. The monoisotopic (exact) mass is 318 g/mol. The van der Waals surface area contributed by atoms with Gasteiger partial charge in [-0.15, -0.1) is 5.75 Å². The van der Waals surface area contributed by atoms with Crippen molar-refractivity contribution in [1.82, 2.24) is 0 Å². The van der Waals surface area contributed by atoms with Gasteiger partial charge >= 0.3 is 0 Å². The number of nitrogens with one attached hydrogen (secondary N) is 1. The first-order valence-corrected chi connectivity index (χ1v) is 6.43. The third-order valence-corrected chi connectivity index (χ3v) is 3.12. The van der Waals surface area contributed by atoms with Gasteiger partial charge in [0.25, 0.3) is 11.4 Å². The lowest BCUT2D eigenvalue weighted by atomic mass is 10.1. The third-order valence-electron chi connectivity index (χ3n) is 3.12. The molecule has 0 unspecified atom stereocenters. The summed E-state index contributed by atoms with van der Waals surface area (Å²) in [6.07, 6.45) is 0. The summed E-state index contributed by atoms with van der Waals surface area (Å²) >= 11 is 0. The number of rotatable bonds is 6. The lowest BCUT2D eigenvalue weighted by Crippen LogP contribution is -2.06. The molecule has 0 atom stereocenters. The molecule has 9 heteroatoms. The molecule has 0 bridgehead atoms. The molecule has 0 aromatic heterocycles. The maximum absolute atomic E-state index is 11.7. The highest BCUT2D eigenvalue weighted by Gasteiger charge is 2.12. The Morgan fingerprint density at radius 2 is 1.65 bits per heavy atom. The van der Waals surface area contributed by atoms with Crippen molar-refractivity contribution in [2.45, 2.75) is 6.54 Å². The Balaban J connectivity index is 2.26. The number of nitro benzene ring substituents is 2. The summed E-state index contributed by atoms with van der Waals surface area (Å²) in [7, 11) is 1.40. The molecule has 2 rings (SSSR count). The minimum atomic E-state index is -0.600. The topological polar surface area (TPSA) is 131 Å². The van der Waals surface area contributed by atoms with Gasteiger partial charge in [-0.3, -0.25) is 20.2 Å². The molecule has 9 nitrogen and oxygen atoms in total. The molecule has 0 spiro atoms. The van der Waals surface area contributed by atoms with Crippen molar-refractivity contribution >= 4 is 17.1 Å². The van der Waals surface area contributed by atoms with Crippen LogP contribution < -0.4 is 15.2 Å². The largest absolute Gasteiger partial charge is 0.872 e. The lowest BCUT2D eigenvalue weighted by molar-refractivity contribution is -0.385. The van der Waals surface area contributed by atoms with Gasteiger partial charge in [0.2, 0.25) is 0 Å². The third kappa shape index (κ3) is 3.64. The summed E-state index contributed by atoms with van der Waals surface area (Å²) in [6.45, 7) is -0.0297. The van der Waals surface area contributed by atoms with E-state index >= 15 is 0 Å². The van der Waals surface area contributed by atoms with Crippen molar-refractivity contribution in [2.75, 3.05) is 12.4 Å². The smallest absolute Gasteiger partial charge is 0.271 e. The molecule has 2 aromatic rings. The van der Waals surface area contributed by atoms with Crippen LogP contribution in [-0.2, 0) is 6.54 Å². The molecule has 1 N–H and O–H groups in total. The van der Waals surface area contributed by atoms with E-state index in [9.17, 15) is 25.3 Å². The summed E-state index contributed by atoms with van der Waals surface area (Å²) in [5.74, 6) is -0.0130. The van der Waals surface area contributed by atoms with Crippen LogP contribution in [0.3, 0.4) is 0 Å². The van der Waals surface area contributed by atoms with Crippen LogP contribution >= 0.6 is 0 Å². The van der Waals surface area contributed by atoms with Crippen LogP contribution in [-0.4, -0.2) is 17.0 Å². The fourth-order valence-corrected chi connectivity index (χ4v) is 1.96. The Bertz CT molecular complexity index is 762. The highest BCUT2D eigenvalue weighted by Crippen LogP contribution is 2.30. The van der Waals surface area contributed by atoms with Gasteiger partial charge in [-0.1, -0.05) is 6.07 Å². The maximum atomic E-state index is 11.7. The highest BCUT2D eigenvalue weighted by molar-refractivity contribution is 5.62. The first-order chi connectivity index (χ1) is 10.9. The second-order valence-corrected chi connectivity index (χ2v) is 4.54. The number of hydrogen-bond acceptors (Lipinski definition) is 7. The molecule has 0 amide bonds.